The van der Waals surface area contributed by atoms with E-state index in [1.807, 2.05) is 6.07 Å². The lowest BCUT2D eigenvalue weighted by molar-refractivity contribution is -0.142. The zero-order valence-electron chi connectivity index (χ0n) is 31.7. The van der Waals surface area contributed by atoms with E-state index in [-0.39, 0.29) is 31.9 Å². The largest absolute Gasteiger partial charge is 0.489 e. The summed E-state index contributed by atoms with van der Waals surface area (Å²) in [6.07, 6.45) is 2.30. The van der Waals surface area contributed by atoms with Crippen molar-refractivity contribution in [3.63, 3.8) is 0 Å². The summed E-state index contributed by atoms with van der Waals surface area (Å²) < 4.78 is 18.0. The number of aliphatic carboxylic acids is 1. The number of anilines is 1. The lowest BCUT2D eigenvalue weighted by atomic mass is 9.91. The minimum atomic E-state index is -1.30. The molecule has 302 valence electrons. The molecule has 0 saturated heterocycles. The maximum atomic E-state index is 14.1. The molecule has 60 heavy (non-hydrogen) atoms. The first-order valence-electron chi connectivity index (χ1n) is 18.9. The van der Waals surface area contributed by atoms with Gasteiger partial charge in [-0.2, -0.15) is 0 Å². The minimum Gasteiger partial charge on any atom is -0.489 e. The van der Waals surface area contributed by atoms with Gasteiger partial charge in [-0.05, 0) is 95.1 Å². The number of carbonyl (C=O) groups is 4. The first kappa shape index (κ1) is 39.9. The van der Waals surface area contributed by atoms with Crippen molar-refractivity contribution in [1.29, 1.82) is 0 Å². The van der Waals surface area contributed by atoms with Gasteiger partial charge in [0.25, 0.3) is 11.8 Å². The van der Waals surface area contributed by atoms with Crippen molar-refractivity contribution in [1.82, 2.24) is 15.2 Å². The molecule has 3 unspecified atom stereocenters. The van der Waals surface area contributed by atoms with Gasteiger partial charge in [0.05, 0.1) is 15.7 Å². The van der Waals surface area contributed by atoms with Crippen molar-refractivity contribution in [3.05, 3.63) is 177 Å². The van der Waals surface area contributed by atoms with Crippen LogP contribution in [0.25, 0.3) is 0 Å². The number of benzene rings is 5. The van der Waals surface area contributed by atoms with Gasteiger partial charge < -0.3 is 34.9 Å². The van der Waals surface area contributed by atoms with Crippen molar-refractivity contribution in [3.8, 4) is 23.0 Å². The molecule has 3 heterocycles. The molecular formula is C46H36Cl2N4O8. The van der Waals surface area contributed by atoms with E-state index in [2.05, 4.69) is 15.6 Å². The maximum Gasteiger partial charge on any atom is 0.326 e. The van der Waals surface area contributed by atoms with Crippen molar-refractivity contribution in [2.75, 3.05) is 5.32 Å². The van der Waals surface area contributed by atoms with Crippen LogP contribution in [-0.4, -0.2) is 50.8 Å². The van der Waals surface area contributed by atoms with E-state index >= 15 is 0 Å². The van der Waals surface area contributed by atoms with Gasteiger partial charge in [-0.25, -0.2) is 4.79 Å². The van der Waals surface area contributed by atoms with E-state index < -0.39 is 36.0 Å². The number of nitrogens with one attached hydrogen (secondary N) is 2. The van der Waals surface area contributed by atoms with Crippen LogP contribution in [0.4, 0.5) is 5.69 Å². The Labute approximate surface area is 354 Å². The molecule has 12 nitrogen and oxygen atoms in total. The Bertz CT molecular complexity index is 2560. The third-order valence-corrected chi connectivity index (χ3v) is 10.9. The molecule has 0 saturated carbocycles. The number of nitrogens with zero attached hydrogens (tertiary/aromatic N) is 2. The first-order chi connectivity index (χ1) is 29.1. The van der Waals surface area contributed by atoms with E-state index in [4.69, 9.17) is 37.4 Å². The Morgan fingerprint density at radius 2 is 1.53 bits per heavy atom. The van der Waals surface area contributed by atoms with Gasteiger partial charge in [0.1, 0.15) is 41.7 Å². The van der Waals surface area contributed by atoms with Gasteiger partial charge in [0.15, 0.2) is 0 Å². The van der Waals surface area contributed by atoms with Gasteiger partial charge in [-0.15, -0.1) is 0 Å². The highest BCUT2D eigenvalue weighted by molar-refractivity contribution is 6.42. The average molecular weight is 844 g/mol. The van der Waals surface area contributed by atoms with Crippen molar-refractivity contribution >= 4 is 52.6 Å². The van der Waals surface area contributed by atoms with Crippen molar-refractivity contribution in [2.45, 2.75) is 44.2 Å². The number of carbonyl (C=O) groups excluding carboxylic acids is 3. The van der Waals surface area contributed by atoms with Crippen LogP contribution in [0.3, 0.4) is 0 Å². The number of carboxylic acid groups (broad SMARTS) is 1. The number of amides is 3. The third kappa shape index (κ3) is 9.05. The monoisotopic (exact) mass is 842 g/mol. The zero-order valence-corrected chi connectivity index (χ0v) is 33.2. The van der Waals surface area contributed by atoms with Gasteiger partial charge in [-0.3, -0.25) is 19.4 Å². The molecule has 0 aliphatic carbocycles. The fourth-order valence-electron chi connectivity index (χ4n) is 7.08. The van der Waals surface area contributed by atoms with Gasteiger partial charge >= 0.3 is 5.97 Å². The number of aromatic nitrogens is 1. The number of hydrogen-bond acceptors (Lipinski definition) is 8. The molecule has 3 amide bonds. The maximum absolute atomic E-state index is 14.1. The number of halogens is 2. The smallest absolute Gasteiger partial charge is 0.326 e. The van der Waals surface area contributed by atoms with Crippen LogP contribution in [0, 0.1) is 0 Å². The molecule has 1 aromatic heterocycles. The fraction of sp³-hybridized carbons (Fsp3) is 0.152. The van der Waals surface area contributed by atoms with E-state index in [1.54, 1.807) is 128 Å². The Morgan fingerprint density at radius 3 is 2.25 bits per heavy atom. The summed E-state index contributed by atoms with van der Waals surface area (Å²) in [5.74, 6) is -0.519. The number of rotatable bonds is 12. The quantitative estimate of drug-likeness (QED) is 0.111. The summed E-state index contributed by atoms with van der Waals surface area (Å²) in [6, 6.07) is 32.3. The van der Waals surface area contributed by atoms with Crippen molar-refractivity contribution in [2.24, 2.45) is 0 Å². The Kier molecular flexibility index (Phi) is 11.7. The van der Waals surface area contributed by atoms with Crippen LogP contribution in [0.1, 0.15) is 44.3 Å². The highest BCUT2D eigenvalue weighted by Gasteiger charge is 2.39. The Hall–Kier alpha value is -6.89. The molecule has 0 radical (unpaired) electrons. The molecular weight excluding hydrogens is 807 g/mol. The molecule has 8 rings (SSSR count). The number of hydrogen-bond donors (Lipinski definition) is 3. The minimum absolute atomic E-state index is 0.0148. The second-order valence-electron chi connectivity index (χ2n) is 14.3. The standard InChI is InChI=1S/C46H36Cl2N4O8/c47-36-15-8-28(20-37(36)48)26-58-33-13-9-29(10-14-33)42-44(54)50-38-22-31-23-40(52(25-32(31)24-41(38)60-42)45(55)30-4-2-1-3-5-30)43(53)51-39(46(56)57)21-27-6-11-34(12-7-27)59-35-16-18-49-19-17-35/h1-20,22,24,39-40,42H,21,23,25-26H2,(H,50,54)(H,51,53)(H,56,57). The summed E-state index contributed by atoms with van der Waals surface area (Å²) in [7, 11) is 0. The Balaban J connectivity index is 0.985. The van der Waals surface area contributed by atoms with Crippen LogP contribution < -0.4 is 24.8 Å². The lowest BCUT2D eigenvalue weighted by Gasteiger charge is -2.37. The summed E-state index contributed by atoms with van der Waals surface area (Å²) in [6.45, 7) is 0.290. The summed E-state index contributed by atoms with van der Waals surface area (Å²) >= 11 is 12.2. The third-order valence-electron chi connectivity index (χ3n) is 10.2. The molecule has 0 fully saturated rings. The van der Waals surface area contributed by atoms with Crippen LogP contribution >= 0.6 is 23.2 Å². The molecule has 0 spiro atoms. The molecule has 3 N–H and O–H groups in total. The van der Waals surface area contributed by atoms with Gasteiger partial charge in [0, 0.05) is 42.9 Å². The molecule has 14 heteroatoms. The topological polar surface area (TPSA) is 156 Å². The van der Waals surface area contributed by atoms with E-state index in [0.717, 1.165) is 5.56 Å². The predicted molar refractivity (Wildman–Crippen MR) is 224 cm³/mol. The highest BCUT2D eigenvalue weighted by Crippen LogP contribution is 2.40. The predicted octanol–water partition coefficient (Wildman–Crippen LogP) is 8.21. The second-order valence-corrected chi connectivity index (χ2v) is 15.1. The molecule has 6 aromatic rings. The number of fused-ring (bicyclic) bond motifs is 2. The SMILES string of the molecule is O=C(O)C(Cc1ccc(Oc2ccncc2)cc1)NC(=O)C1Cc2cc3c(cc2CN1C(=O)c1ccccc1)OC(c1ccc(OCc2ccc(Cl)c(Cl)c2)cc1)C(=O)N3. The second kappa shape index (κ2) is 17.5. The molecule has 2 aliphatic rings. The number of carboxylic acids is 1. The molecule has 3 atom stereocenters. The van der Waals surface area contributed by atoms with E-state index in [0.29, 0.717) is 66.5 Å². The van der Waals surface area contributed by atoms with Crippen LogP contribution in [0.15, 0.2) is 134 Å². The van der Waals surface area contributed by atoms with Crippen LogP contribution in [0.2, 0.25) is 10.0 Å². The summed E-state index contributed by atoms with van der Waals surface area (Å²) in [5.41, 5.74) is 4.29. The van der Waals surface area contributed by atoms with E-state index in [9.17, 15) is 24.3 Å². The van der Waals surface area contributed by atoms with Crippen LogP contribution in [-0.2, 0) is 40.4 Å². The average Bonchev–Trinajstić information content (AvgIpc) is 3.26. The summed E-state index contributed by atoms with van der Waals surface area (Å²) in [5, 5.41) is 16.7. The molecule has 5 aromatic carbocycles. The normalized spacial score (nSPS) is 16.0. The molecule has 0 bridgehead atoms. The number of pyridine rings is 1. The number of ether oxygens (including phenoxy) is 3. The lowest BCUT2D eigenvalue weighted by Crippen LogP contribution is -2.56. The zero-order chi connectivity index (χ0) is 41.8. The fourth-order valence-corrected chi connectivity index (χ4v) is 7.40. The van der Waals surface area contributed by atoms with Crippen LogP contribution in [0.5, 0.6) is 23.0 Å². The Morgan fingerprint density at radius 1 is 0.833 bits per heavy atom. The van der Waals surface area contributed by atoms with Gasteiger partial charge in [-0.1, -0.05) is 71.7 Å². The van der Waals surface area contributed by atoms with Gasteiger partial charge in [0.2, 0.25) is 12.0 Å². The first-order valence-corrected chi connectivity index (χ1v) is 19.7. The van der Waals surface area contributed by atoms with Crippen molar-refractivity contribution < 1.29 is 38.5 Å². The highest BCUT2D eigenvalue weighted by atomic mass is 35.5. The molecule has 2 aliphatic heterocycles. The summed E-state index contributed by atoms with van der Waals surface area (Å²) in [4.78, 5) is 59.5. The van der Waals surface area contributed by atoms with E-state index in [1.165, 1.54) is 4.90 Å².